The van der Waals surface area contributed by atoms with Gasteiger partial charge in [-0.2, -0.15) is 9.97 Å². The number of nitrogens with one attached hydrogen (secondary N) is 1. The van der Waals surface area contributed by atoms with Crippen LogP contribution in [0.1, 0.15) is 56.9 Å². The highest BCUT2D eigenvalue weighted by atomic mass is 19.1. The predicted octanol–water partition coefficient (Wildman–Crippen LogP) is 5.64. The molecule has 4 aliphatic heterocycles. The van der Waals surface area contributed by atoms with Crippen molar-refractivity contribution in [3.8, 4) is 35.2 Å². The number of benzene rings is 3. The van der Waals surface area contributed by atoms with Gasteiger partial charge >= 0.3 is 6.01 Å². The predicted molar refractivity (Wildman–Crippen MR) is 180 cm³/mol. The van der Waals surface area contributed by atoms with Gasteiger partial charge in [-0.3, -0.25) is 4.90 Å². The molecule has 4 bridgehead atoms. The van der Waals surface area contributed by atoms with Gasteiger partial charge in [-0.1, -0.05) is 12.0 Å². The Labute approximate surface area is 282 Å². The Morgan fingerprint density at radius 1 is 0.980 bits per heavy atom. The largest absolute Gasteiger partial charge is 0.508 e. The van der Waals surface area contributed by atoms with Crippen molar-refractivity contribution in [3.05, 3.63) is 53.3 Å². The van der Waals surface area contributed by atoms with Gasteiger partial charge in [0.1, 0.15) is 28.7 Å². The first kappa shape index (κ1) is 30.9. The number of aliphatic hydroxyl groups excluding tert-OH is 1. The fraction of sp³-hybridized carbons (Fsp3) is 0.474. The molecule has 4 saturated heterocycles. The molecule has 5 heterocycles. The van der Waals surface area contributed by atoms with Crippen molar-refractivity contribution in [1.29, 1.82) is 0 Å². The second kappa shape index (κ2) is 11.5. The number of fused-ring (bicyclic) bond motifs is 6. The van der Waals surface area contributed by atoms with Crippen LogP contribution in [0.3, 0.4) is 0 Å². The molecule has 8 nitrogen and oxygen atoms in total. The molecular weight excluding hydrogens is 631 g/mol. The van der Waals surface area contributed by atoms with Gasteiger partial charge < -0.3 is 25.2 Å². The van der Waals surface area contributed by atoms with E-state index in [0.717, 1.165) is 57.9 Å². The monoisotopic (exact) mass is 669 g/mol. The highest BCUT2D eigenvalue weighted by Crippen LogP contribution is 2.50. The molecule has 0 amide bonds. The van der Waals surface area contributed by atoms with Crippen LogP contribution in [0.4, 0.5) is 19.0 Å². The Hall–Kier alpha value is -4.11. The molecule has 3 aromatic carbocycles. The second-order valence-electron chi connectivity index (χ2n) is 14.9. The highest BCUT2D eigenvalue weighted by molar-refractivity contribution is 6.04. The third kappa shape index (κ3) is 5.27. The number of phenolic OH excluding ortho intramolecular Hbond substituents is 1. The molecule has 9 rings (SSSR count). The lowest BCUT2D eigenvalue weighted by atomic mass is 9.92. The van der Waals surface area contributed by atoms with Crippen molar-refractivity contribution in [1.82, 2.24) is 20.2 Å². The van der Waals surface area contributed by atoms with E-state index in [4.69, 9.17) is 16.1 Å². The van der Waals surface area contributed by atoms with Crippen molar-refractivity contribution < 1.29 is 28.1 Å². The molecule has 1 aromatic heterocycles. The molecule has 4 aromatic rings. The zero-order valence-electron chi connectivity index (χ0n) is 27.1. The second-order valence-corrected chi connectivity index (χ2v) is 14.9. The van der Waals surface area contributed by atoms with Crippen molar-refractivity contribution in [2.75, 3.05) is 31.1 Å². The van der Waals surface area contributed by atoms with Crippen molar-refractivity contribution in [2.24, 2.45) is 5.41 Å². The van der Waals surface area contributed by atoms with E-state index in [2.05, 4.69) is 26.0 Å². The average Bonchev–Trinajstić information content (AvgIpc) is 3.71. The molecular formula is C38H38F3N5O3. The van der Waals surface area contributed by atoms with Crippen LogP contribution in [0.15, 0.2) is 30.3 Å². The fourth-order valence-electron chi connectivity index (χ4n) is 9.08. The molecule has 3 N–H and O–H groups in total. The summed E-state index contributed by atoms with van der Waals surface area (Å²) in [5, 5.41) is 25.1. The molecule has 5 fully saturated rings. The van der Waals surface area contributed by atoms with Crippen LogP contribution in [-0.4, -0.2) is 81.6 Å². The summed E-state index contributed by atoms with van der Waals surface area (Å²) in [6, 6.07) is 7.67. The summed E-state index contributed by atoms with van der Waals surface area (Å²) in [5.41, 5.74) is -0.876. The number of nitrogens with zero attached hydrogens (tertiary/aromatic N) is 4. The summed E-state index contributed by atoms with van der Waals surface area (Å²) in [5.74, 6) is -0.0937. The summed E-state index contributed by atoms with van der Waals surface area (Å²) in [7, 11) is 0. The Balaban J connectivity index is 1.13. The topological polar surface area (TPSA) is 94.0 Å². The summed E-state index contributed by atoms with van der Waals surface area (Å²) in [6.07, 6.45) is 13.3. The molecule has 4 atom stereocenters. The van der Waals surface area contributed by atoms with E-state index in [1.54, 1.807) is 0 Å². The lowest BCUT2D eigenvalue weighted by Gasteiger charge is -2.39. The van der Waals surface area contributed by atoms with Crippen molar-refractivity contribution in [3.63, 3.8) is 0 Å². The Morgan fingerprint density at radius 3 is 2.41 bits per heavy atom. The number of aromatic hydroxyl groups is 1. The molecule has 1 saturated carbocycles. The molecule has 254 valence electrons. The van der Waals surface area contributed by atoms with Crippen LogP contribution >= 0.6 is 0 Å². The first-order valence-corrected chi connectivity index (χ1v) is 17.4. The zero-order chi connectivity index (χ0) is 33.6. The first-order chi connectivity index (χ1) is 23.7. The zero-order valence-corrected chi connectivity index (χ0v) is 27.1. The van der Waals surface area contributed by atoms with Gasteiger partial charge in [0.2, 0.25) is 0 Å². The van der Waals surface area contributed by atoms with Crippen LogP contribution in [0.5, 0.6) is 11.8 Å². The number of halogens is 3. The average molecular weight is 670 g/mol. The molecule has 0 spiro atoms. The van der Waals surface area contributed by atoms with E-state index >= 15 is 8.78 Å². The molecule has 4 unspecified atom stereocenters. The molecule has 5 aliphatic rings. The van der Waals surface area contributed by atoms with Crippen molar-refractivity contribution >= 4 is 27.5 Å². The Morgan fingerprint density at radius 2 is 1.71 bits per heavy atom. The van der Waals surface area contributed by atoms with Gasteiger partial charge in [-0.15, -0.1) is 6.42 Å². The van der Waals surface area contributed by atoms with Gasteiger partial charge in [0, 0.05) is 65.6 Å². The van der Waals surface area contributed by atoms with E-state index in [0.29, 0.717) is 43.0 Å². The number of aromatic nitrogens is 2. The SMILES string of the molecule is C#Cc1c(F)ccc2cc(O)cc(-c3c(F)cc4c(N5CC6CCC(C5)N6)nc(OCC5(CN6C7CCC6CC(O)C7)CC5)nc4c3F)c12. The number of hydrogen-bond donors (Lipinski definition) is 3. The van der Waals surface area contributed by atoms with E-state index in [1.165, 1.54) is 30.3 Å². The number of piperidine rings is 1. The molecule has 1 aliphatic carbocycles. The summed E-state index contributed by atoms with van der Waals surface area (Å²) in [4.78, 5) is 14.0. The third-order valence-electron chi connectivity index (χ3n) is 11.7. The number of aliphatic hydroxyl groups is 1. The quantitative estimate of drug-likeness (QED) is 0.218. The van der Waals surface area contributed by atoms with E-state index in [1.807, 2.05) is 0 Å². The van der Waals surface area contributed by atoms with Crippen LogP contribution in [0, 0.1) is 35.2 Å². The van der Waals surface area contributed by atoms with E-state index < -0.39 is 23.0 Å². The van der Waals surface area contributed by atoms with Crippen LogP contribution in [-0.2, 0) is 0 Å². The standard InChI is InChI=1S/C38H38F3N5O3/c1-2-27-30(39)8-3-20-11-25(47)14-28(32(20)27)33-31(40)15-29-35(34(33)41)43-37(44-36(29)45-16-21-4-5-22(17-45)42-21)49-19-38(9-10-38)18-46-23-6-7-24(46)13-26(48)12-23/h1,3,8,11,14-15,21-24,26,42,47-48H,4-7,9-10,12-13,16-19H2. The molecule has 11 heteroatoms. The van der Waals surface area contributed by atoms with Crippen molar-refractivity contribution in [2.45, 2.75) is 81.6 Å². The number of rotatable bonds is 7. The molecule has 49 heavy (non-hydrogen) atoms. The number of piperazine rings is 1. The third-order valence-corrected chi connectivity index (χ3v) is 11.7. The van der Waals surface area contributed by atoms with Crippen LogP contribution in [0.2, 0.25) is 0 Å². The highest BCUT2D eigenvalue weighted by Gasteiger charge is 2.50. The van der Waals surface area contributed by atoms with Gasteiger partial charge in [-0.25, -0.2) is 13.2 Å². The minimum Gasteiger partial charge on any atom is -0.508 e. The van der Waals surface area contributed by atoms with E-state index in [9.17, 15) is 14.6 Å². The molecule has 0 radical (unpaired) electrons. The summed E-state index contributed by atoms with van der Waals surface area (Å²) in [6.45, 7) is 2.49. The number of phenols is 1. The summed E-state index contributed by atoms with van der Waals surface area (Å²) < 4.78 is 54.5. The Bertz CT molecular complexity index is 2020. The fourth-order valence-corrected chi connectivity index (χ4v) is 9.08. The maximum atomic E-state index is 17.0. The first-order valence-electron chi connectivity index (χ1n) is 17.4. The van der Waals surface area contributed by atoms with Crippen LogP contribution < -0.4 is 15.0 Å². The van der Waals surface area contributed by atoms with Gasteiger partial charge in [0.25, 0.3) is 0 Å². The minimum absolute atomic E-state index is 0.0178. The van der Waals surface area contributed by atoms with E-state index in [-0.39, 0.29) is 62.8 Å². The van der Waals surface area contributed by atoms with Gasteiger partial charge in [-0.05, 0) is 81.0 Å². The number of ether oxygens (including phenoxy) is 1. The lowest BCUT2D eigenvalue weighted by Crippen LogP contribution is -2.51. The lowest BCUT2D eigenvalue weighted by molar-refractivity contribution is 0.0182. The number of hydrogen-bond acceptors (Lipinski definition) is 8. The number of terminal acetylenes is 1. The summed E-state index contributed by atoms with van der Waals surface area (Å²) >= 11 is 0. The number of anilines is 1. The van der Waals surface area contributed by atoms with Gasteiger partial charge in [0.05, 0.1) is 23.8 Å². The van der Waals surface area contributed by atoms with Gasteiger partial charge in [0.15, 0.2) is 5.82 Å². The smallest absolute Gasteiger partial charge is 0.319 e. The maximum Gasteiger partial charge on any atom is 0.319 e. The van der Waals surface area contributed by atoms with Crippen LogP contribution in [0.25, 0.3) is 32.8 Å². The maximum absolute atomic E-state index is 17.0. The minimum atomic E-state index is -0.967. The normalized spacial score (nSPS) is 27.2. The Kier molecular flexibility index (Phi) is 7.24.